The van der Waals surface area contributed by atoms with Crippen molar-refractivity contribution < 1.29 is 23.7 Å². The van der Waals surface area contributed by atoms with Crippen LogP contribution in [0.4, 0.5) is 0 Å². The molecule has 1 unspecified atom stereocenters. The number of aromatic nitrogens is 1. The molecule has 2 heterocycles. The summed E-state index contributed by atoms with van der Waals surface area (Å²) in [6, 6.07) is 18.7. The Hall–Kier alpha value is -4.54. The normalized spacial score (nSPS) is 13.8. The van der Waals surface area contributed by atoms with Crippen LogP contribution in [-0.2, 0) is 13.2 Å². The molecule has 0 spiro atoms. The van der Waals surface area contributed by atoms with Crippen molar-refractivity contribution in [2.24, 2.45) is 0 Å². The first-order valence-electron chi connectivity index (χ1n) is 12.3. The van der Waals surface area contributed by atoms with Crippen molar-refractivity contribution in [3.63, 3.8) is 0 Å². The molecule has 0 amide bonds. The molecule has 0 radical (unpaired) electrons. The van der Waals surface area contributed by atoms with Crippen molar-refractivity contribution in [3.8, 4) is 29.1 Å². The first kappa shape index (κ1) is 26.1. The summed E-state index contributed by atoms with van der Waals surface area (Å²) < 4.78 is 24.3. The number of halogens is 1. The fraction of sp³-hybridized carbons (Fsp3) is 0.194. The van der Waals surface area contributed by atoms with Crippen molar-refractivity contribution in [2.45, 2.75) is 33.2 Å². The third-order valence-electron chi connectivity index (χ3n) is 6.55. The molecule has 1 atom stereocenters. The molecule has 196 valence electrons. The Balaban J connectivity index is 1.32. The maximum Gasteiger partial charge on any atom is 0.165 e. The average Bonchev–Trinajstić information content (AvgIpc) is 2.96. The van der Waals surface area contributed by atoms with Crippen LogP contribution in [-0.4, -0.2) is 17.9 Å². The van der Waals surface area contributed by atoms with Crippen molar-refractivity contribution in [2.75, 3.05) is 6.61 Å². The van der Waals surface area contributed by atoms with E-state index in [1.54, 1.807) is 18.3 Å². The van der Waals surface area contributed by atoms with Gasteiger partial charge in [-0.05, 0) is 54.3 Å². The van der Waals surface area contributed by atoms with Crippen molar-refractivity contribution >= 4 is 17.9 Å². The Morgan fingerprint density at radius 1 is 1.08 bits per heavy atom. The van der Waals surface area contributed by atoms with Crippen LogP contribution < -0.4 is 18.9 Å². The number of ether oxygens (including phenoxy) is 4. The van der Waals surface area contributed by atoms with E-state index in [2.05, 4.69) is 4.98 Å². The Morgan fingerprint density at radius 2 is 1.90 bits per heavy atom. The van der Waals surface area contributed by atoms with Gasteiger partial charge in [0, 0.05) is 24.0 Å². The van der Waals surface area contributed by atoms with E-state index in [0.717, 1.165) is 33.8 Å². The number of hydrogen-bond acceptors (Lipinski definition) is 7. The first-order chi connectivity index (χ1) is 19.0. The maximum atomic E-state index is 11.7. The van der Waals surface area contributed by atoms with Gasteiger partial charge in [-0.15, -0.1) is 0 Å². The SMILES string of the molecule is Cc1cccc2c1OC(c1cccc(COc3cc(OCc4cncc(C#N)c4)c(C=O)cc3Cl)c1C)CO2. The van der Waals surface area contributed by atoms with Crippen LogP contribution >= 0.6 is 11.6 Å². The molecular formula is C31H25ClN2O5. The van der Waals surface area contributed by atoms with E-state index in [-0.39, 0.29) is 19.3 Å². The van der Waals surface area contributed by atoms with Gasteiger partial charge in [0.2, 0.25) is 0 Å². The van der Waals surface area contributed by atoms with Crippen molar-refractivity contribution in [1.29, 1.82) is 5.26 Å². The highest BCUT2D eigenvalue weighted by Gasteiger charge is 2.25. The summed E-state index contributed by atoms with van der Waals surface area (Å²) in [6.07, 6.45) is 3.50. The monoisotopic (exact) mass is 540 g/mol. The molecule has 0 saturated carbocycles. The lowest BCUT2D eigenvalue weighted by atomic mass is 9.98. The zero-order valence-electron chi connectivity index (χ0n) is 21.4. The van der Waals surface area contributed by atoms with Crippen LogP contribution in [0.1, 0.15) is 49.8 Å². The highest BCUT2D eigenvalue weighted by Crippen LogP contribution is 2.40. The molecule has 4 aromatic rings. The van der Waals surface area contributed by atoms with E-state index in [4.69, 9.17) is 35.8 Å². The Morgan fingerprint density at radius 3 is 2.72 bits per heavy atom. The highest BCUT2D eigenvalue weighted by atomic mass is 35.5. The molecular weight excluding hydrogens is 516 g/mol. The number of carbonyl (C=O) groups excluding carboxylic acids is 1. The van der Waals surface area contributed by atoms with Gasteiger partial charge in [0.05, 0.1) is 16.1 Å². The molecule has 1 aliphatic rings. The minimum absolute atomic E-state index is 0.123. The fourth-order valence-electron chi connectivity index (χ4n) is 4.42. The van der Waals surface area contributed by atoms with E-state index < -0.39 is 0 Å². The summed E-state index contributed by atoms with van der Waals surface area (Å²) in [7, 11) is 0. The van der Waals surface area contributed by atoms with E-state index in [1.807, 2.05) is 56.3 Å². The van der Waals surface area contributed by atoms with E-state index in [0.29, 0.717) is 46.1 Å². The van der Waals surface area contributed by atoms with Crippen molar-refractivity contribution in [1.82, 2.24) is 4.98 Å². The van der Waals surface area contributed by atoms with Gasteiger partial charge in [-0.1, -0.05) is 41.9 Å². The van der Waals surface area contributed by atoms with Gasteiger partial charge in [-0.3, -0.25) is 9.78 Å². The number of aldehydes is 1. The van der Waals surface area contributed by atoms with Crippen LogP contribution in [0.3, 0.4) is 0 Å². The first-order valence-corrected chi connectivity index (χ1v) is 12.7. The summed E-state index contributed by atoms with van der Waals surface area (Å²) in [4.78, 5) is 15.7. The smallest absolute Gasteiger partial charge is 0.165 e. The molecule has 0 bridgehead atoms. The second-order valence-electron chi connectivity index (χ2n) is 9.16. The largest absolute Gasteiger partial charge is 0.488 e. The molecule has 3 aromatic carbocycles. The van der Waals surface area contributed by atoms with Crippen LogP contribution in [0, 0.1) is 25.2 Å². The predicted octanol–water partition coefficient (Wildman–Crippen LogP) is 6.71. The van der Waals surface area contributed by atoms with Crippen LogP contribution in [0.2, 0.25) is 5.02 Å². The second-order valence-corrected chi connectivity index (χ2v) is 9.57. The Kier molecular flexibility index (Phi) is 7.67. The summed E-state index contributed by atoms with van der Waals surface area (Å²) in [5.74, 6) is 2.22. The topological polar surface area (TPSA) is 90.7 Å². The predicted molar refractivity (Wildman–Crippen MR) is 146 cm³/mol. The summed E-state index contributed by atoms with van der Waals surface area (Å²) in [5.41, 5.74) is 5.45. The molecule has 5 rings (SSSR count). The number of aryl methyl sites for hydroxylation is 1. The second kappa shape index (κ2) is 11.5. The number of rotatable bonds is 8. The minimum atomic E-state index is -0.247. The lowest BCUT2D eigenvalue weighted by Gasteiger charge is -2.29. The van der Waals surface area contributed by atoms with Gasteiger partial charge in [0.25, 0.3) is 0 Å². The molecule has 0 aliphatic carbocycles. The molecule has 1 aliphatic heterocycles. The summed E-state index contributed by atoms with van der Waals surface area (Å²) >= 11 is 6.44. The fourth-order valence-corrected chi connectivity index (χ4v) is 4.64. The molecule has 7 nitrogen and oxygen atoms in total. The van der Waals surface area contributed by atoms with Gasteiger partial charge < -0.3 is 18.9 Å². The molecule has 0 fully saturated rings. The quantitative estimate of drug-likeness (QED) is 0.229. The average molecular weight is 541 g/mol. The standard InChI is InChI=1S/C31H25ClN2O5/c1-19-5-3-8-27-31(19)39-30(18-38-27)25-7-4-6-23(20(25)2)17-37-29-11-28(24(15-35)10-26(29)32)36-16-22-9-21(12-33)13-34-14-22/h3-11,13-15,30H,16-18H2,1-2H3. The van der Waals surface area contributed by atoms with Gasteiger partial charge in [0.15, 0.2) is 23.9 Å². The van der Waals surface area contributed by atoms with Crippen LogP contribution in [0.5, 0.6) is 23.0 Å². The summed E-state index contributed by atoms with van der Waals surface area (Å²) in [6.45, 7) is 4.81. The number of nitrogens with zero attached hydrogens (tertiary/aromatic N) is 2. The van der Waals surface area contributed by atoms with E-state index in [1.165, 1.54) is 12.3 Å². The Bertz CT molecular complexity index is 1580. The van der Waals surface area contributed by atoms with Gasteiger partial charge in [-0.2, -0.15) is 5.26 Å². The molecule has 0 saturated heterocycles. The molecule has 39 heavy (non-hydrogen) atoms. The minimum Gasteiger partial charge on any atom is -0.488 e. The number of benzene rings is 3. The maximum absolute atomic E-state index is 11.7. The van der Waals surface area contributed by atoms with Gasteiger partial charge >= 0.3 is 0 Å². The number of hydrogen-bond donors (Lipinski definition) is 0. The zero-order chi connectivity index (χ0) is 27.4. The Labute approximate surface area is 231 Å². The molecule has 8 heteroatoms. The third-order valence-corrected chi connectivity index (χ3v) is 6.85. The van der Waals surface area contributed by atoms with Crippen molar-refractivity contribution in [3.05, 3.63) is 111 Å². The number of para-hydroxylation sites is 1. The van der Waals surface area contributed by atoms with Crippen LogP contribution in [0.25, 0.3) is 0 Å². The van der Waals surface area contributed by atoms with Gasteiger partial charge in [0.1, 0.15) is 37.4 Å². The van der Waals surface area contributed by atoms with Crippen LogP contribution in [0.15, 0.2) is 67.0 Å². The summed E-state index contributed by atoms with van der Waals surface area (Å²) in [5, 5.41) is 9.38. The lowest BCUT2D eigenvalue weighted by molar-refractivity contribution is 0.0898. The van der Waals surface area contributed by atoms with E-state index >= 15 is 0 Å². The lowest BCUT2D eigenvalue weighted by Crippen LogP contribution is -2.23. The number of pyridine rings is 1. The third kappa shape index (κ3) is 5.66. The zero-order valence-corrected chi connectivity index (χ0v) is 22.2. The van der Waals surface area contributed by atoms with E-state index in [9.17, 15) is 4.79 Å². The highest BCUT2D eigenvalue weighted by molar-refractivity contribution is 6.32. The molecule has 0 N–H and O–H groups in total. The van der Waals surface area contributed by atoms with Gasteiger partial charge in [-0.25, -0.2) is 0 Å². The number of nitriles is 1. The molecule has 1 aromatic heterocycles. The number of fused-ring (bicyclic) bond motifs is 1. The number of carbonyl (C=O) groups is 1.